The number of para-hydroxylation sites is 1. The number of carboxylic acids is 1. The van der Waals surface area contributed by atoms with E-state index in [2.05, 4.69) is 5.10 Å². The molecule has 5 nitrogen and oxygen atoms in total. The summed E-state index contributed by atoms with van der Waals surface area (Å²) in [6, 6.07) is 6.80. The summed E-state index contributed by atoms with van der Waals surface area (Å²) in [5, 5.41) is 14.3. The first-order valence-electron chi connectivity index (χ1n) is 5.08. The summed E-state index contributed by atoms with van der Waals surface area (Å²) in [5.74, 6) is -2.26. The van der Waals surface area contributed by atoms with Crippen LogP contribution in [0.4, 0.5) is 4.39 Å². The third-order valence-corrected chi connectivity index (χ3v) is 2.38. The van der Waals surface area contributed by atoms with Gasteiger partial charge >= 0.3 is 0 Å². The lowest BCUT2D eigenvalue weighted by Gasteiger charge is -2.12. The standard InChI is InChI=1S/C12H9FN2O3/c1-7-6-10(16)11(12(17)18)14-15(7)9-5-3-2-4-8(9)13/h2-6H,1H3,(H,17,18)/p-1. The Hall–Kier alpha value is -2.50. The molecule has 6 heteroatoms. The minimum Gasteiger partial charge on any atom is -0.543 e. The predicted molar refractivity (Wildman–Crippen MR) is 58.9 cm³/mol. The Kier molecular flexibility index (Phi) is 2.93. The number of aromatic nitrogens is 2. The van der Waals surface area contributed by atoms with Crippen LogP contribution in [0.5, 0.6) is 0 Å². The van der Waals surface area contributed by atoms with Crippen molar-refractivity contribution in [2.45, 2.75) is 6.92 Å². The van der Waals surface area contributed by atoms with Gasteiger partial charge in [0.25, 0.3) is 0 Å². The molecule has 0 aliphatic rings. The second kappa shape index (κ2) is 4.40. The molecular weight excluding hydrogens is 239 g/mol. The molecule has 0 aliphatic heterocycles. The maximum atomic E-state index is 13.6. The minimum absolute atomic E-state index is 0.0671. The number of aromatic carboxylic acids is 1. The third kappa shape index (κ3) is 2.00. The van der Waals surface area contributed by atoms with Gasteiger partial charge in [-0.25, -0.2) is 9.07 Å². The fourth-order valence-electron chi connectivity index (χ4n) is 1.56. The molecule has 0 unspecified atom stereocenters. The molecule has 1 aromatic carbocycles. The zero-order valence-electron chi connectivity index (χ0n) is 9.38. The number of nitrogens with zero attached hydrogens (tertiary/aromatic N) is 2. The Bertz CT molecular complexity index is 679. The van der Waals surface area contributed by atoms with Crippen LogP contribution in [-0.2, 0) is 0 Å². The molecule has 2 aromatic rings. The summed E-state index contributed by atoms with van der Waals surface area (Å²) in [4.78, 5) is 22.1. The molecule has 0 bridgehead atoms. The fourth-order valence-corrected chi connectivity index (χ4v) is 1.56. The van der Waals surface area contributed by atoms with Crippen LogP contribution in [0.3, 0.4) is 0 Å². The highest BCUT2D eigenvalue weighted by Crippen LogP contribution is 2.12. The lowest BCUT2D eigenvalue weighted by molar-refractivity contribution is -0.255. The first-order chi connectivity index (χ1) is 8.50. The zero-order valence-corrected chi connectivity index (χ0v) is 9.38. The maximum absolute atomic E-state index is 13.6. The van der Waals surface area contributed by atoms with E-state index in [1.165, 1.54) is 25.1 Å². The highest BCUT2D eigenvalue weighted by Gasteiger charge is 2.10. The second-order valence-electron chi connectivity index (χ2n) is 3.65. The molecule has 0 spiro atoms. The summed E-state index contributed by atoms with van der Waals surface area (Å²) < 4.78 is 14.6. The van der Waals surface area contributed by atoms with Gasteiger partial charge in [-0.3, -0.25) is 4.79 Å². The van der Waals surface area contributed by atoms with E-state index in [-0.39, 0.29) is 5.69 Å². The smallest absolute Gasteiger partial charge is 0.209 e. The van der Waals surface area contributed by atoms with E-state index in [0.717, 1.165) is 10.7 Å². The summed E-state index contributed by atoms with van der Waals surface area (Å²) in [7, 11) is 0. The normalized spacial score (nSPS) is 10.3. The van der Waals surface area contributed by atoms with Gasteiger partial charge in [0.05, 0.1) is 5.97 Å². The third-order valence-electron chi connectivity index (χ3n) is 2.38. The summed E-state index contributed by atoms with van der Waals surface area (Å²) in [5.41, 5.74) is -1.11. The number of carbonyl (C=O) groups is 1. The van der Waals surface area contributed by atoms with Crippen LogP contribution in [0, 0.1) is 12.7 Å². The van der Waals surface area contributed by atoms with E-state index < -0.39 is 22.9 Å². The lowest BCUT2D eigenvalue weighted by Crippen LogP contribution is -2.32. The van der Waals surface area contributed by atoms with Crippen molar-refractivity contribution in [1.82, 2.24) is 9.78 Å². The predicted octanol–water partition coefficient (Wildman–Crippen LogP) is 0.0435. The zero-order chi connectivity index (χ0) is 13.3. The summed E-state index contributed by atoms with van der Waals surface area (Å²) in [6.07, 6.45) is 0. The summed E-state index contributed by atoms with van der Waals surface area (Å²) >= 11 is 0. The Morgan fingerprint density at radius 3 is 2.67 bits per heavy atom. The van der Waals surface area contributed by atoms with Crippen LogP contribution in [-0.4, -0.2) is 15.7 Å². The fraction of sp³-hybridized carbons (Fsp3) is 0.0833. The Morgan fingerprint density at radius 1 is 1.39 bits per heavy atom. The Balaban J connectivity index is 2.73. The first kappa shape index (κ1) is 12.0. The molecule has 0 atom stereocenters. The van der Waals surface area contributed by atoms with Crippen LogP contribution in [0.1, 0.15) is 16.2 Å². The number of rotatable bonds is 2. The van der Waals surface area contributed by atoms with Crippen molar-refractivity contribution in [2.75, 3.05) is 0 Å². The molecule has 0 saturated carbocycles. The monoisotopic (exact) mass is 247 g/mol. The van der Waals surface area contributed by atoms with Crippen LogP contribution < -0.4 is 10.5 Å². The molecule has 1 heterocycles. The van der Waals surface area contributed by atoms with Crippen LogP contribution in [0.2, 0.25) is 0 Å². The minimum atomic E-state index is -1.69. The molecule has 2 rings (SSSR count). The second-order valence-corrected chi connectivity index (χ2v) is 3.65. The molecule has 0 amide bonds. The van der Waals surface area contributed by atoms with Crippen molar-refractivity contribution in [3.8, 4) is 5.69 Å². The Morgan fingerprint density at radius 2 is 2.06 bits per heavy atom. The van der Waals surface area contributed by atoms with Crippen LogP contribution >= 0.6 is 0 Å². The maximum Gasteiger partial charge on any atom is 0.209 e. The van der Waals surface area contributed by atoms with E-state index in [1.807, 2.05) is 0 Å². The molecule has 18 heavy (non-hydrogen) atoms. The Labute approximate surface area is 101 Å². The number of hydrogen-bond donors (Lipinski definition) is 0. The van der Waals surface area contributed by atoms with E-state index in [1.54, 1.807) is 6.07 Å². The average molecular weight is 247 g/mol. The average Bonchev–Trinajstić information content (AvgIpc) is 2.30. The molecule has 0 N–H and O–H groups in total. The number of carboxylic acid groups (broad SMARTS) is 1. The van der Waals surface area contributed by atoms with Gasteiger partial charge in [0, 0.05) is 11.8 Å². The topological polar surface area (TPSA) is 75.0 Å². The van der Waals surface area contributed by atoms with Crippen molar-refractivity contribution in [2.24, 2.45) is 0 Å². The van der Waals surface area contributed by atoms with Gasteiger partial charge in [-0.2, -0.15) is 5.10 Å². The number of halogens is 1. The van der Waals surface area contributed by atoms with Gasteiger partial charge in [0.15, 0.2) is 5.69 Å². The van der Waals surface area contributed by atoms with Crippen molar-refractivity contribution in [3.05, 3.63) is 57.8 Å². The van der Waals surface area contributed by atoms with Gasteiger partial charge in [-0.15, -0.1) is 0 Å². The molecule has 0 fully saturated rings. The highest BCUT2D eigenvalue weighted by molar-refractivity contribution is 5.83. The molecular formula is C12H8FN2O3-. The molecule has 0 saturated heterocycles. The molecule has 0 radical (unpaired) electrons. The molecule has 92 valence electrons. The van der Waals surface area contributed by atoms with Gasteiger partial charge in [-0.1, -0.05) is 12.1 Å². The van der Waals surface area contributed by atoms with E-state index in [0.29, 0.717) is 5.69 Å². The van der Waals surface area contributed by atoms with Crippen molar-refractivity contribution in [3.63, 3.8) is 0 Å². The quantitative estimate of drug-likeness (QED) is 0.751. The molecule has 0 aliphatic carbocycles. The number of aryl methyl sites for hydroxylation is 1. The lowest BCUT2D eigenvalue weighted by atomic mass is 10.2. The van der Waals surface area contributed by atoms with Crippen LogP contribution in [0.25, 0.3) is 5.69 Å². The van der Waals surface area contributed by atoms with E-state index in [4.69, 9.17) is 0 Å². The van der Waals surface area contributed by atoms with Crippen molar-refractivity contribution in [1.29, 1.82) is 0 Å². The van der Waals surface area contributed by atoms with Gasteiger partial charge in [0.2, 0.25) is 5.43 Å². The first-order valence-corrected chi connectivity index (χ1v) is 5.08. The molecule has 1 aromatic heterocycles. The largest absolute Gasteiger partial charge is 0.543 e. The number of hydrogen-bond acceptors (Lipinski definition) is 4. The van der Waals surface area contributed by atoms with E-state index >= 15 is 0 Å². The number of carbonyl (C=O) groups excluding carboxylic acids is 1. The van der Waals surface area contributed by atoms with Gasteiger partial charge in [-0.05, 0) is 19.1 Å². The van der Waals surface area contributed by atoms with Crippen LogP contribution in [0.15, 0.2) is 35.1 Å². The summed E-state index contributed by atoms with van der Waals surface area (Å²) in [6.45, 7) is 1.53. The SMILES string of the molecule is Cc1cc(=O)c(C(=O)[O-])nn1-c1ccccc1F. The van der Waals surface area contributed by atoms with Crippen molar-refractivity contribution < 1.29 is 14.3 Å². The highest BCUT2D eigenvalue weighted by atomic mass is 19.1. The van der Waals surface area contributed by atoms with Crippen molar-refractivity contribution >= 4 is 5.97 Å². The van der Waals surface area contributed by atoms with Gasteiger partial charge < -0.3 is 9.90 Å². The number of benzene rings is 1. The van der Waals surface area contributed by atoms with E-state index in [9.17, 15) is 19.1 Å². The van der Waals surface area contributed by atoms with Gasteiger partial charge in [0.1, 0.15) is 11.5 Å².